The topological polar surface area (TPSA) is 24.4 Å². The van der Waals surface area contributed by atoms with Gasteiger partial charge in [0.1, 0.15) is 0 Å². The summed E-state index contributed by atoms with van der Waals surface area (Å²) in [7, 11) is 0. The Labute approximate surface area is 103 Å². The Balaban J connectivity index is 1.56. The Morgan fingerprint density at radius 2 is 2.19 bits per heavy atom. The van der Waals surface area contributed by atoms with Crippen molar-refractivity contribution in [3.05, 3.63) is 0 Å². The molecule has 3 rings (SSSR count). The molecule has 3 aliphatic rings. The van der Waals surface area contributed by atoms with Crippen LogP contribution >= 0.6 is 11.8 Å². The fourth-order valence-corrected chi connectivity index (χ4v) is 4.30. The van der Waals surface area contributed by atoms with E-state index >= 15 is 0 Å². The number of amidine groups is 1. The monoisotopic (exact) mass is 238 g/mol. The quantitative estimate of drug-likeness (QED) is 0.816. The van der Waals surface area contributed by atoms with Crippen LogP contribution in [0.4, 0.5) is 0 Å². The molecule has 1 heterocycles. The Kier molecular flexibility index (Phi) is 2.90. The molecule has 0 bridgehead atoms. The molecule has 1 saturated heterocycles. The number of aliphatic imine (C=N–C) groups is 1. The lowest BCUT2D eigenvalue weighted by atomic mass is 10.0. The molecule has 3 heteroatoms. The average Bonchev–Trinajstić information content (AvgIpc) is 2.81. The molecule has 90 valence electrons. The van der Waals surface area contributed by atoms with Crippen LogP contribution in [-0.4, -0.2) is 22.5 Å². The molecule has 2 nitrogen and oxygen atoms in total. The zero-order chi connectivity index (χ0) is 11.0. The summed E-state index contributed by atoms with van der Waals surface area (Å²) in [6.07, 6.45) is 9.71. The number of hydrogen-bond donors (Lipinski definition) is 1. The van der Waals surface area contributed by atoms with Crippen molar-refractivity contribution in [1.29, 1.82) is 0 Å². The summed E-state index contributed by atoms with van der Waals surface area (Å²) in [4.78, 5) is 4.84. The van der Waals surface area contributed by atoms with Crippen molar-refractivity contribution in [2.75, 3.05) is 5.75 Å². The van der Waals surface area contributed by atoms with Gasteiger partial charge in [0.15, 0.2) is 5.17 Å². The van der Waals surface area contributed by atoms with E-state index in [-0.39, 0.29) is 0 Å². The van der Waals surface area contributed by atoms with Gasteiger partial charge < -0.3 is 5.32 Å². The molecular weight excluding hydrogens is 216 g/mol. The maximum atomic E-state index is 4.84. The van der Waals surface area contributed by atoms with E-state index in [1.54, 1.807) is 0 Å². The summed E-state index contributed by atoms with van der Waals surface area (Å²) in [5, 5.41) is 4.94. The van der Waals surface area contributed by atoms with Gasteiger partial charge in [-0.05, 0) is 32.1 Å². The van der Waals surface area contributed by atoms with Crippen LogP contribution in [0.2, 0.25) is 0 Å². The molecular formula is C13H22N2S. The van der Waals surface area contributed by atoms with Gasteiger partial charge in [-0.1, -0.05) is 37.4 Å². The molecule has 1 atom stereocenters. The van der Waals surface area contributed by atoms with Crippen LogP contribution in [0.25, 0.3) is 0 Å². The molecule has 2 aliphatic carbocycles. The maximum absolute atomic E-state index is 4.84. The molecule has 0 aromatic heterocycles. The second kappa shape index (κ2) is 4.25. The number of nitrogens with one attached hydrogen (secondary N) is 1. The van der Waals surface area contributed by atoms with Crippen molar-refractivity contribution in [1.82, 2.24) is 5.32 Å². The summed E-state index contributed by atoms with van der Waals surface area (Å²) in [5.41, 5.74) is 0.433. The van der Waals surface area contributed by atoms with Gasteiger partial charge in [-0.3, -0.25) is 4.99 Å². The first-order valence-electron chi connectivity index (χ1n) is 6.75. The number of rotatable bonds is 3. The van der Waals surface area contributed by atoms with Gasteiger partial charge >= 0.3 is 0 Å². The van der Waals surface area contributed by atoms with Crippen LogP contribution in [0.15, 0.2) is 4.99 Å². The highest BCUT2D eigenvalue weighted by Crippen LogP contribution is 2.38. The van der Waals surface area contributed by atoms with Crippen molar-refractivity contribution in [3.63, 3.8) is 0 Å². The van der Waals surface area contributed by atoms with Crippen LogP contribution in [0.5, 0.6) is 0 Å². The van der Waals surface area contributed by atoms with Gasteiger partial charge in [-0.15, -0.1) is 0 Å². The fourth-order valence-electron chi connectivity index (χ4n) is 2.98. The maximum Gasteiger partial charge on any atom is 0.157 e. The van der Waals surface area contributed by atoms with Gasteiger partial charge in [0.05, 0.1) is 6.04 Å². The smallest absolute Gasteiger partial charge is 0.157 e. The van der Waals surface area contributed by atoms with E-state index in [1.165, 1.54) is 55.9 Å². The predicted octanol–water partition coefficient (Wildman–Crippen LogP) is 3.18. The number of hydrogen-bond acceptors (Lipinski definition) is 2. The van der Waals surface area contributed by atoms with E-state index in [9.17, 15) is 0 Å². The van der Waals surface area contributed by atoms with Crippen LogP contribution in [-0.2, 0) is 0 Å². The minimum atomic E-state index is 0.433. The first-order valence-corrected chi connectivity index (χ1v) is 7.73. The first kappa shape index (κ1) is 10.9. The second-order valence-electron chi connectivity index (χ2n) is 5.86. The largest absolute Gasteiger partial charge is 0.359 e. The molecule has 2 saturated carbocycles. The molecule has 0 aromatic carbocycles. The van der Waals surface area contributed by atoms with Gasteiger partial charge in [0, 0.05) is 11.3 Å². The minimum absolute atomic E-state index is 0.433. The molecule has 0 radical (unpaired) electrons. The third kappa shape index (κ3) is 2.39. The molecule has 0 aromatic rings. The van der Waals surface area contributed by atoms with Crippen LogP contribution < -0.4 is 5.32 Å². The fraction of sp³-hybridized carbons (Fsp3) is 0.923. The van der Waals surface area contributed by atoms with E-state index < -0.39 is 0 Å². The Morgan fingerprint density at radius 1 is 1.44 bits per heavy atom. The van der Waals surface area contributed by atoms with Crippen molar-refractivity contribution in [2.45, 2.75) is 63.5 Å². The van der Waals surface area contributed by atoms with Crippen molar-refractivity contribution >= 4 is 16.9 Å². The first-order chi connectivity index (χ1) is 7.76. The van der Waals surface area contributed by atoms with E-state index in [0.717, 1.165) is 5.92 Å². The van der Waals surface area contributed by atoms with Crippen molar-refractivity contribution < 1.29 is 0 Å². The Bertz CT molecular complexity index is 290. The van der Waals surface area contributed by atoms with Gasteiger partial charge in [-0.2, -0.15) is 0 Å². The average molecular weight is 238 g/mol. The van der Waals surface area contributed by atoms with E-state index in [4.69, 9.17) is 4.99 Å². The Morgan fingerprint density at radius 3 is 2.88 bits per heavy atom. The van der Waals surface area contributed by atoms with E-state index in [2.05, 4.69) is 12.2 Å². The van der Waals surface area contributed by atoms with E-state index in [1.807, 2.05) is 11.8 Å². The normalized spacial score (nSPS) is 32.2. The summed E-state index contributed by atoms with van der Waals surface area (Å²) in [6, 6.07) is 0.527. The zero-order valence-corrected chi connectivity index (χ0v) is 11.0. The number of nitrogens with zero attached hydrogens (tertiary/aromatic N) is 1. The zero-order valence-electron chi connectivity index (χ0n) is 10.2. The lowest BCUT2D eigenvalue weighted by molar-refractivity contribution is 0.451. The second-order valence-corrected chi connectivity index (χ2v) is 6.83. The standard InChI is InChI=1S/C13H22N2S/c1-10(8-11-4-5-11)14-12-15-13(9-16-12)6-2-3-7-13/h10-11H,2-9H2,1H3,(H,14,15). The third-order valence-corrected chi connectivity index (χ3v) is 5.30. The SMILES string of the molecule is CC(CC1CC1)N=C1NC2(CCCC2)CS1. The summed E-state index contributed by atoms with van der Waals surface area (Å²) < 4.78 is 0. The number of thioether (sulfide) groups is 1. The van der Waals surface area contributed by atoms with Crippen LogP contribution in [0.1, 0.15) is 51.9 Å². The van der Waals surface area contributed by atoms with Crippen molar-refractivity contribution in [2.24, 2.45) is 10.9 Å². The highest BCUT2D eigenvalue weighted by molar-refractivity contribution is 8.14. The molecule has 3 fully saturated rings. The lowest BCUT2D eigenvalue weighted by Gasteiger charge is -2.22. The van der Waals surface area contributed by atoms with Crippen molar-refractivity contribution in [3.8, 4) is 0 Å². The summed E-state index contributed by atoms with van der Waals surface area (Å²) >= 11 is 1.95. The predicted molar refractivity (Wildman–Crippen MR) is 71.0 cm³/mol. The van der Waals surface area contributed by atoms with Gasteiger partial charge in [0.2, 0.25) is 0 Å². The molecule has 1 spiro atoms. The summed E-state index contributed by atoms with van der Waals surface area (Å²) in [5.74, 6) is 2.24. The minimum Gasteiger partial charge on any atom is -0.359 e. The van der Waals surface area contributed by atoms with Gasteiger partial charge in [-0.25, -0.2) is 0 Å². The molecule has 16 heavy (non-hydrogen) atoms. The molecule has 1 aliphatic heterocycles. The van der Waals surface area contributed by atoms with Crippen LogP contribution in [0.3, 0.4) is 0 Å². The third-order valence-electron chi connectivity index (χ3n) is 4.13. The van der Waals surface area contributed by atoms with E-state index in [0.29, 0.717) is 11.6 Å². The van der Waals surface area contributed by atoms with Crippen LogP contribution in [0, 0.1) is 5.92 Å². The highest BCUT2D eigenvalue weighted by atomic mass is 32.2. The molecule has 0 amide bonds. The molecule has 1 N–H and O–H groups in total. The molecule has 1 unspecified atom stereocenters. The highest BCUT2D eigenvalue weighted by Gasteiger charge is 2.39. The van der Waals surface area contributed by atoms with Gasteiger partial charge in [0.25, 0.3) is 0 Å². The summed E-state index contributed by atoms with van der Waals surface area (Å²) in [6.45, 7) is 2.27. The lowest BCUT2D eigenvalue weighted by Crippen LogP contribution is -2.40. The Hall–Kier alpha value is -0.180.